The Kier molecular flexibility index (Phi) is 7.25. The van der Waals surface area contributed by atoms with E-state index in [-0.39, 0.29) is 31.3 Å². The van der Waals surface area contributed by atoms with E-state index in [4.69, 9.17) is 14.6 Å². The van der Waals surface area contributed by atoms with Crippen LogP contribution >= 0.6 is 0 Å². The molecule has 2 amide bonds. The molecule has 10 heteroatoms. The molecule has 1 aromatic carbocycles. The fraction of sp³-hybridized carbons (Fsp3) is 0.500. The molecule has 0 saturated carbocycles. The molecule has 10 nitrogen and oxygen atoms in total. The van der Waals surface area contributed by atoms with Crippen molar-refractivity contribution < 1.29 is 38.9 Å². The van der Waals surface area contributed by atoms with Crippen molar-refractivity contribution in [3.05, 3.63) is 23.8 Å². The lowest BCUT2D eigenvalue weighted by Crippen LogP contribution is -2.43. The molecule has 1 aliphatic rings. The minimum absolute atomic E-state index is 0.0318. The topological polar surface area (TPSA) is 151 Å². The molecule has 0 spiro atoms. The molecular weight excluding hydrogens is 396 g/mol. The Hall–Kier alpha value is -3.30. The van der Waals surface area contributed by atoms with Crippen molar-refractivity contribution in [2.24, 2.45) is 5.41 Å². The first kappa shape index (κ1) is 23.0. The van der Waals surface area contributed by atoms with Crippen LogP contribution in [0.2, 0.25) is 0 Å². The maximum absolute atomic E-state index is 12.1. The van der Waals surface area contributed by atoms with Gasteiger partial charge in [0.2, 0.25) is 0 Å². The lowest BCUT2D eigenvalue weighted by Gasteiger charge is -2.26. The number of ether oxygens (including phenoxy) is 2. The molecule has 1 aliphatic heterocycles. The van der Waals surface area contributed by atoms with E-state index in [1.54, 1.807) is 18.2 Å². The number of carboxylic acid groups (broad SMARTS) is 2. The molecule has 2 atom stereocenters. The second-order valence-electron chi connectivity index (χ2n) is 8.23. The predicted molar refractivity (Wildman–Crippen MR) is 105 cm³/mol. The third kappa shape index (κ3) is 6.94. The molecule has 0 saturated heterocycles. The third-order valence-corrected chi connectivity index (χ3v) is 4.15. The molecule has 0 bridgehead atoms. The number of carboxylic acids is 2. The molecule has 1 unspecified atom stereocenters. The number of hydrogen-bond donors (Lipinski definition) is 4. The number of anilines is 1. The van der Waals surface area contributed by atoms with Gasteiger partial charge in [0.1, 0.15) is 11.8 Å². The molecule has 2 rings (SSSR count). The summed E-state index contributed by atoms with van der Waals surface area (Å²) in [7, 11) is 0. The Labute approximate surface area is 173 Å². The number of benzene rings is 1. The van der Waals surface area contributed by atoms with Crippen LogP contribution in [0.5, 0.6) is 5.75 Å². The molecule has 0 radical (unpaired) electrons. The van der Waals surface area contributed by atoms with E-state index in [0.717, 1.165) is 0 Å². The maximum atomic E-state index is 12.1. The molecule has 0 aliphatic carbocycles. The van der Waals surface area contributed by atoms with Gasteiger partial charge in [-0.25, -0.2) is 9.59 Å². The third-order valence-electron chi connectivity index (χ3n) is 4.15. The lowest BCUT2D eigenvalue weighted by molar-refractivity contribution is -0.140. The highest BCUT2D eigenvalue weighted by molar-refractivity contribution is 5.98. The van der Waals surface area contributed by atoms with Crippen LogP contribution in [-0.4, -0.2) is 52.9 Å². The van der Waals surface area contributed by atoms with Gasteiger partial charge in [0.05, 0.1) is 12.3 Å². The van der Waals surface area contributed by atoms with Crippen LogP contribution in [0.25, 0.3) is 0 Å². The van der Waals surface area contributed by atoms with Crippen molar-refractivity contribution in [3.8, 4) is 5.75 Å². The zero-order valence-electron chi connectivity index (χ0n) is 17.1. The summed E-state index contributed by atoms with van der Waals surface area (Å²) in [5.74, 6) is -2.37. The van der Waals surface area contributed by atoms with E-state index in [1.807, 2.05) is 20.8 Å². The number of rotatable bonds is 8. The van der Waals surface area contributed by atoms with Crippen molar-refractivity contribution >= 4 is 29.6 Å². The summed E-state index contributed by atoms with van der Waals surface area (Å²) in [6.45, 7) is 5.77. The van der Waals surface area contributed by atoms with Crippen LogP contribution in [0.1, 0.15) is 39.2 Å². The normalized spacial score (nSPS) is 16.5. The van der Waals surface area contributed by atoms with Crippen LogP contribution in [0, 0.1) is 5.41 Å². The van der Waals surface area contributed by atoms with E-state index >= 15 is 0 Å². The van der Waals surface area contributed by atoms with Gasteiger partial charge >= 0.3 is 18.0 Å². The zero-order valence-corrected chi connectivity index (χ0v) is 17.1. The maximum Gasteiger partial charge on any atom is 0.407 e. The highest BCUT2D eigenvalue weighted by atomic mass is 16.5. The second kappa shape index (κ2) is 9.47. The highest BCUT2D eigenvalue weighted by Gasteiger charge is 2.29. The molecule has 4 N–H and O–H groups in total. The highest BCUT2D eigenvalue weighted by Crippen LogP contribution is 2.32. The summed E-state index contributed by atoms with van der Waals surface area (Å²) in [5, 5.41) is 23.1. The smallest absolute Gasteiger partial charge is 0.407 e. The SMILES string of the molecule is CC(C)(C)COC(=O)N[C@@H](Cc1ccc2c(c1)NC(=O)C(CCC(=O)O)O2)C(=O)O. The van der Waals surface area contributed by atoms with E-state index in [0.29, 0.717) is 17.0 Å². The van der Waals surface area contributed by atoms with Crippen molar-refractivity contribution in [2.45, 2.75) is 52.2 Å². The summed E-state index contributed by atoms with van der Waals surface area (Å²) in [4.78, 5) is 46.2. The zero-order chi connectivity index (χ0) is 22.5. The number of nitrogens with one attached hydrogen (secondary N) is 2. The van der Waals surface area contributed by atoms with Gasteiger partial charge in [0, 0.05) is 19.3 Å². The standard InChI is InChI=1S/C20H26N2O8/c1-20(2,3)10-29-19(28)22-13(18(26)27)9-11-4-5-14-12(8-11)21-17(25)15(30-14)6-7-16(23)24/h4-5,8,13,15H,6-7,9-10H2,1-3H3,(H,21,25)(H,22,28)(H,23,24)(H,26,27)/t13-,15?/m0/s1. The number of aliphatic carboxylic acids is 2. The largest absolute Gasteiger partial charge is 0.481 e. The van der Waals surface area contributed by atoms with Crippen molar-refractivity contribution in [1.29, 1.82) is 0 Å². The number of fused-ring (bicyclic) bond motifs is 1. The van der Waals surface area contributed by atoms with Crippen molar-refractivity contribution in [1.82, 2.24) is 5.32 Å². The van der Waals surface area contributed by atoms with E-state index in [9.17, 15) is 24.3 Å². The van der Waals surface area contributed by atoms with Gasteiger partial charge in [-0.3, -0.25) is 9.59 Å². The minimum atomic E-state index is -1.23. The van der Waals surface area contributed by atoms with Crippen LogP contribution in [-0.2, 0) is 25.5 Å². The summed E-state index contributed by atoms with van der Waals surface area (Å²) < 4.78 is 10.6. The summed E-state index contributed by atoms with van der Waals surface area (Å²) in [6.07, 6.45) is -1.95. The number of alkyl carbamates (subject to hydrolysis) is 1. The first-order valence-electron chi connectivity index (χ1n) is 9.43. The van der Waals surface area contributed by atoms with Gasteiger partial charge < -0.3 is 30.3 Å². The van der Waals surface area contributed by atoms with Crippen molar-refractivity contribution in [2.75, 3.05) is 11.9 Å². The monoisotopic (exact) mass is 422 g/mol. The van der Waals surface area contributed by atoms with E-state index in [2.05, 4.69) is 10.6 Å². The molecule has 30 heavy (non-hydrogen) atoms. The Bertz CT molecular complexity index is 831. The van der Waals surface area contributed by atoms with Crippen molar-refractivity contribution in [3.63, 3.8) is 0 Å². The first-order valence-corrected chi connectivity index (χ1v) is 9.43. The molecule has 164 valence electrons. The number of carbonyl (C=O) groups is 4. The average Bonchev–Trinajstić information content (AvgIpc) is 2.63. The first-order chi connectivity index (χ1) is 13.9. The molecule has 0 fully saturated rings. The number of amides is 2. The predicted octanol–water partition coefficient (Wildman–Crippen LogP) is 2.02. The summed E-state index contributed by atoms with van der Waals surface area (Å²) in [5.41, 5.74) is 0.642. The number of hydrogen-bond acceptors (Lipinski definition) is 6. The van der Waals surface area contributed by atoms with Gasteiger partial charge in [-0.15, -0.1) is 0 Å². The van der Waals surface area contributed by atoms with Gasteiger partial charge in [0.25, 0.3) is 5.91 Å². The molecule has 1 aromatic rings. The quantitative estimate of drug-likeness (QED) is 0.497. The Morgan fingerprint density at radius 2 is 1.97 bits per heavy atom. The molecule has 1 heterocycles. The Balaban J connectivity index is 2.03. The van der Waals surface area contributed by atoms with Gasteiger partial charge in [0.15, 0.2) is 6.10 Å². The second-order valence-corrected chi connectivity index (χ2v) is 8.23. The van der Waals surface area contributed by atoms with Crippen LogP contribution in [0.4, 0.5) is 10.5 Å². The fourth-order valence-corrected chi connectivity index (χ4v) is 2.67. The van der Waals surface area contributed by atoms with E-state index < -0.39 is 36.1 Å². The summed E-state index contributed by atoms with van der Waals surface area (Å²) >= 11 is 0. The van der Waals surface area contributed by atoms with Gasteiger partial charge in [-0.05, 0) is 23.1 Å². The van der Waals surface area contributed by atoms with Crippen LogP contribution in [0.3, 0.4) is 0 Å². The molecule has 0 aromatic heterocycles. The molecular formula is C20H26N2O8. The van der Waals surface area contributed by atoms with Gasteiger partial charge in [-0.1, -0.05) is 26.8 Å². The van der Waals surface area contributed by atoms with E-state index in [1.165, 1.54) is 0 Å². The number of carbonyl (C=O) groups excluding carboxylic acids is 2. The van der Waals surface area contributed by atoms with Gasteiger partial charge in [-0.2, -0.15) is 0 Å². The van der Waals surface area contributed by atoms with Crippen LogP contribution < -0.4 is 15.4 Å². The summed E-state index contributed by atoms with van der Waals surface area (Å²) in [6, 6.07) is 3.51. The minimum Gasteiger partial charge on any atom is -0.481 e. The Morgan fingerprint density at radius 3 is 2.57 bits per heavy atom. The average molecular weight is 422 g/mol. The van der Waals surface area contributed by atoms with Crippen LogP contribution in [0.15, 0.2) is 18.2 Å². The lowest BCUT2D eigenvalue weighted by atomic mass is 9.99. The Morgan fingerprint density at radius 1 is 1.27 bits per heavy atom. The fourth-order valence-electron chi connectivity index (χ4n) is 2.67.